The van der Waals surface area contributed by atoms with E-state index in [0.717, 1.165) is 24.4 Å². The molecular weight excluding hydrogens is 234 g/mol. The summed E-state index contributed by atoms with van der Waals surface area (Å²) in [5.74, 6) is 1.00. The number of rotatable bonds is 3. The van der Waals surface area contributed by atoms with E-state index in [9.17, 15) is 0 Å². The maximum atomic E-state index is 4.69. The summed E-state index contributed by atoms with van der Waals surface area (Å²) in [4.78, 5) is 7.19. The minimum absolute atomic E-state index is 0.530. The second-order valence-corrected chi connectivity index (χ2v) is 5.27. The van der Waals surface area contributed by atoms with E-state index < -0.39 is 0 Å². The molecule has 1 aromatic heterocycles. The largest absolute Gasteiger partial charge is 0.366 e. The molecule has 0 bridgehead atoms. The van der Waals surface area contributed by atoms with Crippen molar-refractivity contribution in [2.75, 3.05) is 25.0 Å². The van der Waals surface area contributed by atoms with Crippen LogP contribution in [0.2, 0.25) is 0 Å². The van der Waals surface area contributed by atoms with Crippen molar-refractivity contribution < 1.29 is 0 Å². The number of fused-ring (bicyclic) bond motifs is 1. The quantitative estimate of drug-likeness (QED) is 0.913. The van der Waals surface area contributed by atoms with Crippen molar-refractivity contribution in [1.82, 2.24) is 9.88 Å². The Hall–Kier alpha value is -1.61. The third-order valence-electron chi connectivity index (χ3n) is 3.90. The van der Waals surface area contributed by atoms with Crippen molar-refractivity contribution in [1.29, 1.82) is 0 Å². The predicted molar refractivity (Wildman–Crippen MR) is 80.5 cm³/mol. The predicted octanol–water partition coefficient (Wildman–Crippen LogP) is 3.13. The van der Waals surface area contributed by atoms with Gasteiger partial charge in [0.25, 0.3) is 0 Å². The van der Waals surface area contributed by atoms with Gasteiger partial charge < -0.3 is 10.2 Å². The topological polar surface area (TPSA) is 28.2 Å². The van der Waals surface area contributed by atoms with E-state index in [1.165, 1.54) is 24.8 Å². The Morgan fingerprint density at radius 1 is 1.26 bits per heavy atom. The van der Waals surface area contributed by atoms with E-state index in [0.29, 0.717) is 6.04 Å². The van der Waals surface area contributed by atoms with Crippen LogP contribution >= 0.6 is 0 Å². The Labute approximate surface area is 114 Å². The first-order valence-corrected chi connectivity index (χ1v) is 7.20. The van der Waals surface area contributed by atoms with Crippen molar-refractivity contribution in [2.45, 2.75) is 25.8 Å². The summed E-state index contributed by atoms with van der Waals surface area (Å²) in [6, 6.07) is 13.0. The Balaban J connectivity index is 1.74. The lowest BCUT2D eigenvalue weighted by atomic mass is 10.1. The van der Waals surface area contributed by atoms with Crippen LogP contribution < -0.4 is 5.32 Å². The SMILES string of the molecule is CCN1CCCC(Nc2ccc3ccccc3n2)C1. The van der Waals surface area contributed by atoms with Crippen molar-refractivity contribution in [3.63, 3.8) is 0 Å². The first kappa shape index (κ1) is 12.4. The second kappa shape index (κ2) is 5.57. The molecule has 1 saturated heterocycles. The van der Waals surface area contributed by atoms with E-state index in [2.05, 4.69) is 47.5 Å². The highest BCUT2D eigenvalue weighted by Crippen LogP contribution is 2.18. The molecule has 1 fully saturated rings. The van der Waals surface area contributed by atoms with E-state index in [-0.39, 0.29) is 0 Å². The number of aromatic nitrogens is 1. The number of nitrogens with one attached hydrogen (secondary N) is 1. The molecule has 0 spiro atoms. The summed E-state index contributed by atoms with van der Waals surface area (Å²) in [5.41, 5.74) is 1.07. The lowest BCUT2D eigenvalue weighted by molar-refractivity contribution is 0.226. The van der Waals surface area contributed by atoms with Gasteiger partial charge in [0.05, 0.1) is 5.52 Å². The van der Waals surface area contributed by atoms with Crippen molar-refractivity contribution in [2.24, 2.45) is 0 Å². The molecule has 1 unspecified atom stereocenters. The second-order valence-electron chi connectivity index (χ2n) is 5.27. The minimum Gasteiger partial charge on any atom is -0.366 e. The van der Waals surface area contributed by atoms with Gasteiger partial charge in [0.1, 0.15) is 5.82 Å². The molecule has 1 aromatic carbocycles. The Morgan fingerprint density at radius 3 is 3.05 bits per heavy atom. The Morgan fingerprint density at radius 2 is 2.16 bits per heavy atom. The molecule has 3 heteroatoms. The molecule has 0 saturated carbocycles. The normalized spacial score (nSPS) is 20.6. The van der Waals surface area contributed by atoms with Crippen LogP contribution in [-0.4, -0.2) is 35.6 Å². The third kappa shape index (κ3) is 2.87. The van der Waals surface area contributed by atoms with Gasteiger partial charge in [-0.2, -0.15) is 0 Å². The van der Waals surface area contributed by atoms with Gasteiger partial charge >= 0.3 is 0 Å². The molecule has 100 valence electrons. The van der Waals surface area contributed by atoms with Gasteiger partial charge in [-0.3, -0.25) is 0 Å². The summed E-state index contributed by atoms with van der Waals surface area (Å²) >= 11 is 0. The van der Waals surface area contributed by atoms with Crippen LogP contribution in [0.1, 0.15) is 19.8 Å². The average Bonchev–Trinajstić information content (AvgIpc) is 2.47. The molecule has 1 aliphatic heterocycles. The van der Waals surface area contributed by atoms with Gasteiger partial charge in [-0.15, -0.1) is 0 Å². The van der Waals surface area contributed by atoms with Crippen molar-refractivity contribution >= 4 is 16.7 Å². The molecule has 3 nitrogen and oxygen atoms in total. The van der Waals surface area contributed by atoms with E-state index in [1.807, 2.05) is 6.07 Å². The number of hydrogen-bond acceptors (Lipinski definition) is 3. The van der Waals surface area contributed by atoms with E-state index >= 15 is 0 Å². The highest BCUT2D eigenvalue weighted by atomic mass is 15.2. The summed E-state index contributed by atoms with van der Waals surface area (Å²) < 4.78 is 0. The zero-order valence-electron chi connectivity index (χ0n) is 11.5. The van der Waals surface area contributed by atoms with Crippen LogP contribution in [0, 0.1) is 0 Å². The van der Waals surface area contributed by atoms with Crippen LogP contribution in [0.3, 0.4) is 0 Å². The number of pyridine rings is 1. The maximum Gasteiger partial charge on any atom is 0.126 e. The van der Waals surface area contributed by atoms with Gasteiger partial charge in [-0.1, -0.05) is 25.1 Å². The number of para-hydroxylation sites is 1. The zero-order chi connectivity index (χ0) is 13.1. The van der Waals surface area contributed by atoms with Crippen LogP contribution in [0.25, 0.3) is 10.9 Å². The van der Waals surface area contributed by atoms with Gasteiger partial charge in [0.15, 0.2) is 0 Å². The molecule has 3 rings (SSSR count). The first-order chi connectivity index (χ1) is 9.35. The first-order valence-electron chi connectivity index (χ1n) is 7.20. The third-order valence-corrected chi connectivity index (χ3v) is 3.90. The number of piperidine rings is 1. The molecule has 0 aliphatic carbocycles. The number of likely N-dealkylation sites (tertiary alicyclic amines) is 1. The fourth-order valence-electron chi connectivity index (χ4n) is 2.82. The molecule has 1 aliphatic rings. The molecule has 2 heterocycles. The minimum atomic E-state index is 0.530. The summed E-state index contributed by atoms with van der Waals surface area (Å²) in [5, 5.41) is 4.79. The highest BCUT2D eigenvalue weighted by Gasteiger charge is 2.18. The molecule has 1 N–H and O–H groups in total. The smallest absolute Gasteiger partial charge is 0.126 e. The lowest BCUT2D eigenvalue weighted by Gasteiger charge is -2.32. The van der Waals surface area contributed by atoms with E-state index in [1.54, 1.807) is 0 Å². The van der Waals surface area contributed by atoms with Gasteiger partial charge in [-0.05, 0) is 44.1 Å². The van der Waals surface area contributed by atoms with Crippen molar-refractivity contribution in [3.8, 4) is 0 Å². The molecule has 0 amide bonds. The van der Waals surface area contributed by atoms with Gasteiger partial charge in [0, 0.05) is 18.0 Å². The van der Waals surface area contributed by atoms with Crippen molar-refractivity contribution in [3.05, 3.63) is 36.4 Å². The summed E-state index contributed by atoms with van der Waals surface area (Å²) in [6.45, 7) is 5.74. The fourth-order valence-corrected chi connectivity index (χ4v) is 2.82. The highest BCUT2D eigenvalue weighted by molar-refractivity contribution is 5.80. The summed E-state index contributed by atoms with van der Waals surface area (Å²) in [7, 11) is 0. The maximum absolute atomic E-state index is 4.69. The van der Waals surface area contributed by atoms with Gasteiger partial charge in [0.2, 0.25) is 0 Å². The monoisotopic (exact) mass is 255 g/mol. The molecule has 1 atom stereocenters. The number of hydrogen-bond donors (Lipinski definition) is 1. The van der Waals surface area contributed by atoms with Gasteiger partial charge in [-0.25, -0.2) is 4.98 Å². The standard InChI is InChI=1S/C16H21N3/c1-2-19-11-5-7-14(12-19)17-16-10-9-13-6-3-4-8-15(13)18-16/h3-4,6,8-10,14H,2,5,7,11-12H2,1H3,(H,17,18). The van der Waals surface area contributed by atoms with Crippen LogP contribution in [-0.2, 0) is 0 Å². The summed E-state index contributed by atoms with van der Waals surface area (Å²) in [6.07, 6.45) is 2.52. The molecule has 2 aromatic rings. The number of anilines is 1. The van der Waals surface area contributed by atoms with E-state index in [4.69, 9.17) is 4.98 Å². The number of nitrogens with zero attached hydrogens (tertiary/aromatic N) is 2. The fraction of sp³-hybridized carbons (Fsp3) is 0.438. The molecule has 19 heavy (non-hydrogen) atoms. The Bertz CT molecular complexity index is 552. The van der Waals surface area contributed by atoms with Crippen LogP contribution in [0.4, 0.5) is 5.82 Å². The number of likely N-dealkylation sites (N-methyl/N-ethyl adjacent to an activating group) is 1. The number of benzene rings is 1. The average molecular weight is 255 g/mol. The van der Waals surface area contributed by atoms with Crippen LogP contribution in [0.5, 0.6) is 0 Å². The molecule has 0 radical (unpaired) electrons. The lowest BCUT2D eigenvalue weighted by Crippen LogP contribution is -2.41. The molecular formula is C16H21N3. The van der Waals surface area contributed by atoms with Crippen LogP contribution in [0.15, 0.2) is 36.4 Å². The Kier molecular flexibility index (Phi) is 3.65. The zero-order valence-corrected chi connectivity index (χ0v) is 11.5.